The van der Waals surface area contributed by atoms with Crippen molar-refractivity contribution in [1.29, 1.82) is 5.26 Å². The summed E-state index contributed by atoms with van der Waals surface area (Å²) in [5, 5.41) is 9.19. The minimum atomic E-state index is -0.953. The van der Waals surface area contributed by atoms with Crippen LogP contribution in [-0.4, -0.2) is 23.1 Å². The van der Waals surface area contributed by atoms with E-state index in [1.165, 1.54) is 4.57 Å². The van der Waals surface area contributed by atoms with Crippen LogP contribution in [-0.2, 0) is 14.3 Å². The van der Waals surface area contributed by atoms with Crippen LogP contribution in [0.1, 0.15) is 6.92 Å². The molecule has 1 aromatic heterocycles. The topological polar surface area (TPSA) is 115 Å². The first-order chi connectivity index (χ1) is 11.5. The molecule has 2 aromatic rings. The van der Waals surface area contributed by atoms with Crippen LogP contribution in [0.5, 0.6) is 0 Å². The number of hydrogen-bond acceptors (Lipinski definition) is 6. The monoisotopic (exact) mass is 343 g/mol. The van der Waals surface area contributed by atoms with Crippen molar-refractivity contribution in [2.24, 2.45) is 5.73 Å². The highest BCUT2D eigenvalue weighted by Crippen LogP contribution is 2.02. The SMILES string of the molecule is CCOC(=O)/C=c1\s/c(=C(/C#N)C(N)=O)n(-c2ccccc2)c1=O. The zero-order chi connectivity index (χ0) is 17.7. The third-order valence-electron chi connectivity index (χ3n) is 2.95. The third kappa shape index (κ3) is 3.42. The second kappa shape index (κ2) is 7.39. The Morgan fingerprint density at radius 2 is 2.04 bits per heavy atom. The van der Waals surface area contributed by atoms with Gasteiger partial charge in [-0.3, -0.25) is 14.2 Å². The van der Waals surface area contributed by atoms with E-state index in [0.717, 1.165) is 17.4 Å². The van der Waals surface area contributed by atoms with Gasteiger partial charge >= 0.3 is 5.97 Å². The summed E-state index contributed by atoms with van der Waals surface area (Å²) < 4.78 is 6.08. The molecule has 0 radical (unpaired) electrons. The average molecular weight is 343 g/mol. The first-order valence-corrected chi connectivity index (χ1v) is 7.71. The summed E-state index contributed by atoms with van der Waals surface area (Å²) in [6.45, 7) is 1.81. The van der Waals surface area contributed by atoms with Gasteiger partial charge < -0.3 is 10.5 Å². The second-order valence-electron chi connectivity index (χ2n) is 4.50. The largest absolute Gasteiger partial charge is 0.463 e. The van der Waals surface area contributed by atoms with Crippen LogP contribution >= 0.6 is 11.3 Å². The van der Waals surface area contributed by atoms with Gasteiger partial charge in [-0.2, -0.15) is 5.26 Å². The molecule has 24 heavy (non-hydrogen) atoms. The van der Waals surface area contributed by atoms with E-state index in [9.17, 15) is 19.6 Å². The summed E-state index contributed by atoms with van der Waals surface area (Å²) in [6, 6.07) is 10.2. The van der Waals surface area contributed by atoms with Crippen molar-refractivity contribution in [3.8, 4) is 11.8 Å². The quantitative estimate of drug-likeness (QED) is 0.745. The Kier molecular flexibility index (Phi) is 5.29. The summed E-state index contributed by atoms with van der Waals surface area (Å²) in [5.74, 6) is -1.63. The summed E-state index contributed by atoms with van der Waals surface area (Å²) in [7, 11) is 0. The lowest BCUT2D eigenvalue weighted by molar-refractivity contribution is -0.135. The van der Waals surface area contributed by atoms with E-state index in [-0.39, 0.29) is 21.4 Å². The van der Waals surface area contributed by atoms with E-state index in [1.807, 2.05) is 0 Å². The lowest BCUT2D eigenvalue weighted by atomic mass is 10.3. The number of thiazole rings is 1. The van der Waals surface area contributed by atoms with Crippen molar-refractivity contribution in [1.82, 2.24) is 4.57 Å². The summed E-state index contributed by atoms with van der Waals surface area (Å²) >= 11 is 0.830. The number of nitrogens with two attached hydrogens (primary N) is 1. The molecule has 0 aliphatic carbocycles. The number of ether oxygens (including phenoxy) is 1. The predicted octanol–water partition coefficient (Wildman–Crippen LogP) is -0.598. The van der Waals surface area contributed by atoms with E-state index in [2.05, 4.69) is 0 Å². The number of nitrogens with zero attached hydrogens (tertiary/aromatic N) is 2. The molecule has 0 fully saturated rings. The normalized spacial score (nSPS) is 12.4. The smallest absolute Gasteiger partial charge is 0.332 e. The molecular weight excluding hydrogens is 330 g/mol. The van der Waals surface area contributed by atoms with Gasteiger partial charge in [0, 0.05) is 6.08 Å². The van der Waals surface area contributed by atoms with Crippen LogP contribution in [0.15, 0.2) is 35.1 Å². The highest BCUT2D eigenvalue weighted by Gasteiger charge is 2.15. The first kappa shape index (κ1) is 17.2. The second-order valence-corrected chi connectivity index (χ2v) is 5.53. The summed E-state index contributed by atoms with van der Waals surface area (Å²) in [4.78, 5) is 35.8. The Morgan fingerprint density at radius 1 is 1.38 bits per heavy atom. The van der Waals surface area contributed by atoms with E-state index in [4.69, 9.17) is 10.5 Å². The van der Waals surface area contributed by atoms with E-state index in [1.54, 1.807) is 43.3 Å². The van der Waals surface area contributed by atoms with E-state index >= 15 is 0 Å². The number of amides is 1. The van der Waals surface area contributed by atoms with Crippen LogP contribution in [0.2, 0.25) is 0 Å². The van der Waals surface area contributed by atoms with Gasteiger partial charge in [0.15, 0.2) is 5.57 Å². The van der Waals surface area contributed by atoms with Gasteiger partial charge in [-0.05, 0) is 19.1 Å². The molecular formula is C16H13N3O4S. The molecule has 7 nitrogen and oxygen atoms in total. The molecule has 1 amide bonds. The summed E-state index contributed by atoms with van der Waals surface area (Å²) in [6.07, 6.45) is 1.04. The number of benzene rings is 1. The number of rotatable bonds is 4. The van der Waals surface area contributed by atoms with Gasteiger partial charge in [0.1, 0.15) is 15.3 Å². The van der Waals surface area contributed by atoms with Gasteiger partial charge in [0.2, 0.25) is 0 Å². The number of aromatic nitrogens is 1. The van der Waals surface area contributed by atoms with Crippen molar-refractivity contribution in [2.75, 3.05) is 6.61 Å². The third-order valence-corrected chi connectivity index (χ3v) is 4.04. The van der Waals surface area contributed by atoms with Gasteiger partial charge in [0.25, 0.3) is 11.5 Å². The van der Waals surface area contributed by atoms with Gasteiger partial charge in [-0.1, -0.05) is 18.2 Å². The Morgan fingerprint density at radius 3 is 2.58 bits per heavy atom. The fourth-order valence-electron chi connectivity index (χ4n) is 1.96. The minimum Gasteiger partial charge on any atom is -0.463 e. The standard InChI is InChI=1S/C16H13N3O4S/c1-2-23-13(20)8-12-15(22)19(10-6-4-3-5-7-10)16(24-12)11(9-17)14(18)21/h3-8H,2H2,1H3,(H2,18,21)/b12-8-,16-11-. The molecule has 0 saturated heterocycles. The molecule has 0 spiro atoms. The first-order valence-electron chi connectivity index (χ1n) is 6.89. The van der Waals surface area contributed by atoms with Crippen LogP contribution in [0.4, 0.5) is 0 Å². The van der Waals surface area contributed by atoms with Crippen LogP contribution in [0.25, 0.3) is 17.3 Å². The molecule has 2 rings (SSSR count). The van der Waals surface area contributed by atoms with Crippen molar-refractivity contribution in [3.05, 3.63) is 49.9 Å². The number of carbonyl (C=O) groups excluding carboxylic acids is 2. The molecule has 0 unspecified atom stereocenters. The number of hydrogen-bond donors (Lipinski definition) is 1. The molecule has 0 bridgehead atoms. The number of nitriles is 1. The van der Waals surface area contributed by atoms with Gasteiger partial charge in [-0.15, -0.1) is 11.3 Å². The van der Waals surface area contributed by atoms with Crippen LogP contribution in [0.3, 0.4) is 0 Å². The fraction of sp³-hybridized carbons (Fsp3) is 0.125. The molecule has 1 heterocycles. The van der Waals surface area contributed by atoms with E-state index in [0.29, 0.717) is 5.69 Å². The molecule has 0 atom stereocenters. The van der Waals surface area contributed by atoms with Crippen molar-refractivity contribution >= 4 is 34.9 Å². The maximum atomic E-state index is 12.6. The van der Waals surface area contributed by atoms with Crippen LogP contribution in [0, 0.1) is 11.3 Å². The highest BCUT2D eigenvalue weighted by molar-refractivity contribution is 7.07. The molecule has 2 N–H and O–H groups in total. The van der Waals surface area contributed by atoms with E-state index < -0.39 is 17.4 Å². The molecule has 8 heteroatoms. The molecule has 0 saturated carbocycles. The Labute approximate surface area is 140 Å². The summed E-state index contributed by atoms with van der Waals surface area (Å²) in [5.41, 5.74) is 4.78. The molecule has 122 valence electrons. The highest BCUT2D eigenvalue weighted by atomic mass is 32.1. The zero-order valence-corrected chi connectivity index (χ0v) is 13.5. The lowest BCUT2D eigenvalue weighted by Gasteiger charge is -2.01. The number of esters is 1. The van der Waals surface area contributed by atoms with Crippen LogP contribution < -0.4 is 20.5 Å². The van der Waals surface area contributed by atoms with Crippen molar-refractivity contribution in [3.63, 3.8) is 0 Å². The minimum absolute atomic E-state index is 0.0429. The van der Waals surface area contributed by atoms with Crippen molar-refractivity contribution < 1.29 is 14.3 Å². The molecule has 0 aliphatic heterocycles. The van der Waals surface area contributed by atoms with Gasteiger partial charge in [0.05, 0.1) is 12.3 Å². The lowest BCUT2D eigenvalue weighted by Crippen LogP contribution is -2.32. The Bertz CT molecular complexity index is 997. The van der Waals surface area contributed by atoms with Gasteiger partial charge in [-0.25, -0.2) is 4.79 Å². The zero-order valence-electron chi connectivity index (χ0n) is 12.7. The molecule has 0 aliphatic rings. The Hall–Kier alpha value is -3.18. The fourth-order valence-corrected chi connectivity index (χ4v) is 3.03. The maximum Gasteiger partial charge on any atom is 0.332 e. The maximum absolute atomic E-state index is 12.6. The average Bonchev–Trinajstić information content (AvgIpc) is 2.85. The predicted molar refractivity (Wildman–Crippen MR) is 88.5 cm³/mol. The number of primary amides is 1. The molecule has 1 aromatic carbocycles. The number of carbonyl (C=O) groups is 2. The van der Waals surface area contributed by atoms with Crippen molar-refractivity contribution in [2.45, 2.75) is 6.92 Å². The number of para-hydroxylation sites is 1. The Balaban J connectivity index is 2.91.